The van der Waals surface area contributed by atoms with Crippen molar-refractivity contribution in [2.45, 2.75) is 26.8 Å². The number of halogens is 1. The zero-order valence-corrected chi connectivity index (χ0v) is 11.4. The van der Waals surface area contributed by atoms with E-state index < -0.39 is 5.41 Å². The van der Waals surface area contributed by atoms with Crippen LogP contribution in [0.3, 0.4) is 0 Å². The summed E-state index contributed by atoms with van der Waals surface area (Å²) in [6, 6.07) is 5.62. The fourth-order valence-electron chi connectivity index (χ4n) is 1.51. The van der Waals surface area contributed by atoms with Gasteiger partial charge < -0.3 is 9.32 Å². The lowest BCUT2D eigenvalue weighted by atomic mass is 9.94. The monoisotopic (exact) mass is 268 g/mol. The topological polar surface area (TPSA) is 57.2 Å². The van der Waals surface area contributed by atoms with Gasteiger partial charge in [-0.15, -0.1) is 11.6 Å². The maximum absolute atomic E-state index is 12.3. The van der Waals surface area contributed by atoms with E-state index in [0.717, 1.165) is 0 Å². The van der Waals surface area contributed by atoms with Crippen molar-refractivity contribution in [2.75, 3.05) is 12.4 Å². The van der Waals surface area contributed by atoms with Crippen LogP contribution in [-0.4, -0.2) is 23.2 Å². The number of hydrogen-bond donors (Lipinski definition) is 0. The highest BCUT2D eigenvalue weighted by atomic mass is 35.5. The fraction of sp³-hybridized carbons (Fsp3) is 0.538. The Morgan fingerprint density at radius 1 is 1.61 bits per heavy atom. The molecule has 4 nitrogen and oxygen atoms in total. The zero-order chi connectivity index (χ0) is 13.6. The van der Waals surface area contributed by atoms with E-state index in [-0.39, 0.29) is 11.8 Å². The molecule has 0 N–H and O–H groups in total. The molecule has 1 aromatic rings. The summed E-state index contributed by atoms with van der Waals surface area (Å²) in [6.45, 7) is 4.35. The third-order valence-corrected chi connectivity index (χ3v) is 3.29. The summed E-state index contributed by atoms with van der Waals surface area (Å²) in [6.07, 6.45) is 1.86. The average molecular weight is 269 g/mol. The van der Waals surface area contributed by atoms with Gasteiger partial charge in [-0.1, -0.05) is 0 Å². The highest BCUT2D eigenvalue weighted by Gasteiger charge is 2.31. The van der Waals surface area contributed by atoms with Crippen molar-refractivity contribution in [1.82, 2.24) is 4.90 Å². The molecule has 0 saturated carbocycles. The second kappa shape index (κ2) is 6.46. The van der Waals surface area contributed by atoms with Gasteiger partial charge in [-0.2, -0.15) is 5.26 Å². The third kappa shape index (κ3) is 3.78. The SMILES string of the molecule is CC(C)(CCl)C(=O)N(CCC#N)Cc1ccco1. The van der Waals surface area contributed by atoms with Crippen LogP contribution in [0.5, 0.6) is 0 Å². The predicted octanol–water partition coefficient (Wildman–Crippen LogP) is 2.79. The van der Waals surface area contributed by atoms with E-state index in [2.05, 4.69) is 0 Å². The lowest BCUT2D eigenvalue weighted by Crippen LogP contribution is -2.42. The first-order valence-electron chi connectivity index (χ1n) is 5.76. The fourth-order valence-corrected chi connectivity index (χ4v) is 1.63. The average Bonchev–Trinajstić information content (AvgIpc) is 2.86. The van der Waals surface area contributed by atoms with Crippen LogP contribution in [0, 0.1) is 16.7 Å². The molecule has 1 aromatic heterocycles. The van der Waals surface area contributed by atoms with Gasteiger partial charge in [0.25, 0.3) is 0 Å². The number of nitriles is 1. The molecule has 0 aliphatic carbocycles. The molecule has 0 atom stereocenters. The molecule has 1 heterocycles. The Morgan fingerprint density at radius 2 is 2.33 bits per heavy atom. The van der Waals surface area contributed by atoms with Crippen LogP contribution in [0.2, 0.25) is 0 Å². The smallest absolute Gasteiger partial charge is 0.229 e. The molecule has 5 heteroatoms. The van der Waals surface area contributed by atoms with Crippen molar-refractivity contribution in [3.8, 4) is 6.07 Å². The molecule has 0 saturated heterocycles. The van der Waals surface area contributed by atoms with Crippen LogP contribution in [0.15, 0.2) is 22.8 Å². The van der Waals surface area contributed by atoms with E-state index in [1.54, 1.807) is 37.1 Å². The Balaban J connectivity index is 2.78. The summed E-state index contributed by atoms with van der Waals surface area (Å²) in [5.41, 5.74) is -0.635. The Hall–Kier alpha value is -1.47. The number of hydrogen-bond acceptors (Lipinski definition) is 3. The van der Waals surface area contributed by atoms with Crippen molar-refractivity contribution in [3.63, 3.8) is 0 Å². The van der Waals surface area contributed by atoms with Gasteiger partial charge in [-0.25, -0.2) is 0 Å². The van der Waals surface area contributed by atoms with E-state index in [0.29, 0.717) is 25.3 Å². The summed E-state index contributed by atoms with van der Waals surface area (Å²) in [7, 11) is 0. The van der Waals surface area contributed by atoms with Crippen molar-refractivity contribution >= 4 is 17.5 Å². The Morgan fingerprint density at radius 3 is 2.83 bits per heavy atom. The first-order valence-corrected chi connectivity index (χ1v) is 6.29. The number of furan rings is 1. The zero-order valence-electron chi connectivity index (χ0n) is 10.6. The summed E-state index contributed by atoms with van der Waals surface area (Å²) in [5.74, 6) is 0.878. The maximum Gasteiger partial charge on any atom is 0.229 e. The number of alkyl halides is 1. The van der Waals surface area contributed by atoms with Gasteiger partial charge in [0.05, 0.1) is 30.7 Å². The number of carbonyl (C=O) groups excluding carboxylic acids is 1. The first-order chi connectivity index (χ1) is 8.51. The van der Waals surface area contributed by atoms with Gasteiger partial charge in [-0.05, 0) is 26.0 Å². The van der Waals surface area contributed by atoms with Gasteiger partial charge >= 0.3 is 0 Å². The molecule has 0 fully saturated rings. The number of nitrogens with zero attached hydrogens (tertiary/aromatic N) is 2. The quantitative estimate of drug-likeness (QED) is 0.746. The van der Waals surface area contributed by atoms with E-state index in [4.69, 9.17) is 21.3 Å². The van der Waals surface area contributed by atoms with Crippen molar-refractivity contribution in [3.05, 3.63) is 24.2 Å². The molecule has 0 radical (unpaired) electrons. The minimum atomic E-state index is -0.635. The van der Waals surface area contributed by atoms with Gasteiger partial charge in [0.15, 0.2) is 0 Å². The Bertz CT molecular complexity index is 421. The van der Waals surface area contributed by atoms with Crippen molar-refractivity contribution in [2.24, 2.45) is 5.41 Å². The van der Waals surface area contributed by atoms with E-state index in [1.807, 2.05) is 6.07 Å². The van der Waals surface area contributed by atoms with Crippen LogP contribution in [0.1, 0.15) is 26.0 Å². The standard InChI is InChI=1S/C13H17ClN2O2/c1-13(2,10-14)12(17)16(7-4-6-15)9-11-5-3-8-18-11/h3,5,8H,4,7,9-10H2,1-2H3. The normalized spacial score (nSPS) is 11.0. The van der Waals surface area contributed by atoms with E-state index >= 15 is 0 Å². The molecule has 98 valence electrons. The predicted molar refractivity (Wildman–Crippen MR) is 68.9 cm³/mol. The molecule has 1 rings (SSSR count). The molecular formula is C13H17ClN2O2. The summed E-state index contributed by atoms with van der Waals surface area (Å²) in [4.78, 5) is 13.9. The van der Waals surface area contributed by atoms with Crippen LogP contribution in [-0.2, 0) is 11.3 Å². The van der Waals surface area contributed by atoms with Crippen LogP contribution in [0.4, 0.5) is 0 Å². The van der Waals surface area contributed by atoms with Crippen LogP contribution >= 0.6 is 11.6 Å². The van der Waals surface area contributed by atoms with Gasteiger partial charge in [-0.3, -0.25) is 4.79 Å². The highest BCUT2D eigenvalue weighted by molar-refractivity contribution is 6.19. The first kappa shape index (κ1) is 14.6. The molecule has 0 bridgehead atoms. The molecule has 0 unspecified atom stereocenters. The molecule has 0 aliphatic heterocycles. The van der Waals surface area contributed by atoms with Gasteiger partial charge in [0.1, 0.15) is 5.76 Å². The minimum absolute atomic E-state index is 0.0656. The molecule has 18 heavy (non-hydrogen) atoms. The molecule has 1 amide bonds. The lowest BCUT2D eigenvalue weighted by Gasteiger charge is -2.29. The second-order valence-corrected chi connectivity index (χ2v) is 5.00. The van der Waals surface area contributed by atoms with E-state index in [1.165, 1.54) is 0 Å². The number of carbonyl (C=O) groups is 1. The van der Waals surface area contributed by atoms with Crippen LogP contribution < -0.4 is 0 Å². The van der Waals surface area contributed by atoms with Crippen molar-refractivity contribution < 1.29 is 9.21 Å². The van der Waals surface area contributed by atoms with Crippen LogP contribution in [0.25, 0.3) is 0 Å². The second-order valence-electron chi connectivity index (χ2n) is 4.73. The summed E-state index contributed by atoms with van der Waals surface area (Å²) >= 11 is 5.81. The Kier molecular flexibility index (Phi) is 5.24. The lowest BCUT2D eigenvalue weighted by molar-refractivity contribution is -0.140. The molecule has 0 aliphatic rings. The molecule has 0 aromatic carbocycles. The maximum atomic E-state index is 12.3. The van der Waals surface area contributed by atoms with Crippen molar-refractivity contribution in [1.29, 1.82) is 5.26 Å². The highest BCUT2D eigenvalue weighted by Crippen LogP contribution is 2.22. The summed E-state index contributed by atoms with van der Waals surface area (Å²) < 4.78 is 5.23. The van der Waals surface area contributed by atoms with Gasteiger partial charge in [0.2, 0.25) is 5.91 Å². The minimum Gasteiger partial charge on any atom is -0.467 e. The number of rotatable bonds is 6. The summed E-state index contributed by atoms with van der Waals surface area (Å²) in [5, 5.41) is 8.65. The third-order valence-electron chi connectivity index (χ3n) is 2.62. The number of amides is 1. The van der Waals surface area contributed by atoms with E-state index in [9.17, 15) is 4.79 Å². The van der Waals surface area contributed by atoms with Gasteiger partial charge in [0, 0.05) is 12.4 Å². The largest absolute Gasteiger partial charge is 0.467 e. The molecule has 0 spiro atoms. The Labute approximate surface area is 112 Å². The molecular weight excluding hydrogens is 252 g/mol.